The van der Waals surface area contributed by atoms with Crippen LogP contribution in [-0.2, 0) is 11.3 Å². The molecule has 1 aliphatic rings. The van der Waals surface area contributed by atoms with Crippen molar-refractivity contribution in [3.8, 4) is 5.75 Å². The molecule has 0 radical (unpaired) electrons. The molecule has 1 atom stereocenters. The van der Waals surface area contributed by atoms with E-state index < -0.39 is 6.10 Å². The van der Waals surface area contributed by atoms with Gasteiger partial charge in [-0.2, -0.15) is 0 Å². The Morgan fingerprint density at radius 1 is 1.07 bits per heavy atom. The minimum absolute atomic E-state index is 0.183. The molecule has 1 N–H and O–H groups in total. The van der Waals surface area contributed by atoms with Crippen molar-refractivity contribution >= 4 is 5.69 Å². The number of aliphatic hydroxyl groups is 1. The maximum Gasteiger partial charge on any atom is 0.146 e. The number of aliphatic hydroxyl groups excluding tert-OH is 1. The number of rotatable bonds is 8. The Balaban J connectivity index is 1.38. The molecule has 0 spiro atoms. The van der Waals surface area contributed by atoms with Crippen molar-refractivity contribution in [1.29, 1.82) is 0 Å². The molecule has 1 aliphatic heterocycles. The summed E-state index contributed by atoms with van der Waals surface area (Å²) in [4.78, 5) is 4.24. The molecule has 0 aromatic heterocycles. The molecule has 0 unspecified atom stereocenters. The van der Waals surface area contributed by atoms with Gasteiger partial charge in [0.1, 0.15) is 11.6 Å². The first kappa shape index (κ1) is 19.6. The van der Waals surface area contributed by atoms with Gasteiger partial charge in [-0.3, -0.25) is 4.90 Å². The van der Waals surface area contributed by atoms with E-state index in [0.29, 0.717) is 18.8 Å². The van der Waals surface area contributed by atoms with Crippen LogP contribution in [0.25, 0.3) is 0 Å². The molecular formula is C21H27FN2O3. The number of para-hydroxylation sites is 1. The molecule has 5 nitrogen and oxygen atoms in total. The van der Waals surface area contributed by atoms with Crippen LogP contribution in [-0.4, -0.2) is 62.6 Å². The number of hydrogen-bond acceptors (Lipinski definition) is 5. The van der Waals surface area contributed by atoms with E-state index in [2.05, 4.69) is 9.80 Å². The van der Waals surface area contributed by atoms with Gasteiger partial charge in [-0.1, -0.05) is 24.3 Å². The van der Waals surface area contributed by atoms with Gasteiger partial charge in [-0.15, -0.1) is 0 Å². The van der Waals surface area contributed by atoms with Gasteiger partial charge in [0, 0.05) is 32.7 Å². The molecule has 146 valence electrons. The molecule has 3 rings (SSSR count). The van der Waals surface area contributed by atoms with Crippen molar-refractivity contribution in [3.63, 3.8) is 0 Å². The van der Waals surface area contributed by atoms with Crippen LogP contribution in [0.2, 0.25) is 0 Å². The van der Waals surface area contributed by atoms with E-state index >= 15 is 0 Å². The average molecular weight is 374 g/mol. The Morgan fingerprint density at radius 2 is 1.85 bits per heavy atom. The molecule has 1 heterocycles. The van der Waals surface area contributed by atoms with Crippen LogP contribution in [0.4, 0.5) is 10.1 Å². The Labute approximate surface area is 159 Å². The normalized spacial score (nSPS) is 16.3. The summed E-state index contributed by atoms with van der Waals surface area (Å²) >= 11 is 0. The highest BCUT2D eigenvalue weighted by Crippen LogP contribution is 2.20. The summed E-state index contributed by atoms with van der Waals surface area (Å²) in [7, 11) is 1.63. The number of ether oxygens (including phenoxy) is 2. The fourth-order valence-electron chi connectivity index (χ4n) is 3.31. The maximum atomic E-state index is 13.9. The third-order valence-electron chi connectivity index (χ3n) is 4.75. The third-order valence-corrected chi connectivity index (χ3v) is 4.75. The van der Waals surface area contributed by atoms with Crippen molar-refractivity contribution < 1.29 is 19.0 Å². The summed E-state index contributed by atoms with van der Waals surface area (Å²) < 4.78 is 24.7. The highest BCUT2D eigenvalue weighted by molar-refractivity contribution is 5.48. The van der Waals surface area contributed by atoms with Crippen molar-refractivity contribution in [3.05, 3.63) is 59.9 Å². The number of methoxy groups -OCH3 is 1. The van der Waals surface area contributed by atoms with Crippen molar-refractivity contribution in [2.75, 3.05) is 51.3 Å². The van der Waals surface area contributed by atoms with Gasteiger partial charge >= 0.3 is 0 Å². The van der Waals surface area contributed by atoms with Gasteiger partial charge in [-0.05, 0) is 29.8 Å². The van der Waals surface area contributed by atoms with E-state index in [-0.39, 0.29) is 12.4 Å². The van der Waals surface area contributed by atoms with Crippen LogP contribution >= 0.6 is 0 Å². The summed E-state index contributed by atoms with van der Waals surface area (Å²) in [6, 6.07) is 14.6. The monoisotopic (exact) mass is 374 g/mol. The molecular weight excluding hydrogens is 347 g/mol. The third kappa shape index (κ3) is 5.66. The lowest BCUT2D eigenvalue weighted by atomic mass is 10.2. The second kappa shape index (κ2) is 9.69. The number of piperazine rings is 1. The zero-order valence-corrected chi connectivity index (χ0v) is 15.7. The fraction of sp³-hybridized carbons (Fsp3) is 0.429. The first-order chi connectivity index (χ1) is 13.2. The Kier molecular flexibility index (Phi) is 7.04. The molecule has 0 saturated carbocycles. The van der Waals surface area contributed by atoms with Crippen LogP contribution in [0, 0.1) is 5.82 Å². The lowest BCUT2D eigenvalue weighted by Crippen LogP contribution is -2.49. The molecule has 1 fully saturated rings. The minimum atomic E-state index is -0.546. The summed E-state index contributed by atoms with van der Waals surface area (Å²) in [5.41, 5.74) is 1.67. The van der Waals surface area contributed by atoms with Gasteiger partial charge in [0.05, 0.1) is 32.1 Å². The van der Waals surface area contributed by atoms with Crippen LogP contribution < -0.4 is 9.64 Å². The highest BCUT2D eigenvalue weighted by atomic mass is 19.1. The molecule has 2 aromatic rings. The predicted molar refractivity (Wildman–Crippen MR) is 104 cm³/mol. The zero-order chi connectivity index (χ0) is 19.1. The van der Waals surface area contributed by atoms with Gasteiger partial charge in [0.2, 0.25) is 0 Å². The lowest BCUT2D eigenvalue weighted by molar-refractivity contribution is 0.00909. The van der Waals surface area contributed by atoms with Crippen molar-refractivity contribution in [2.45, 2.75) is 12.7 Å². The number of benzene rings is 2. The maximum absolute atomic E-state index is 13.9. The molecule has 0 amide bonds. The standard InChI is InChI=1S/C21H27FN2O3/c1-26-19-6-4-5-17(13-19)15-27-16-18(25)14-23-9-11-24(12-10-23)21-8-3-2-7-20(21)22/h2-8,13,18,25H,9-12,14-16H2,1H3/t18-/m1/s1. The second-order valence-corrected chi connectivity index (χ2v) is 6.76. The SMILES string of the molecule is COc1cccc(COC[C@H](O)CN2CCN(c3ccccc3F)CC2)c1. The van der Waals surface area contributed by atoms with Gasteiger partial charge in [-0.25, -0.2) is 4.39 Å². The van der Waals surface area contributed by atoms with Gasteiger partial charge in [0.15, 0.2) is 0 Å². The van der Waals surface area contributed by atoms with E-state index in [4.69, 9.17) is 9.47 Å². The molecule has 2 aromatic carbocycles. The summed E-state index contributed by atoms with van der Waals surface area (Å²) in [5, 5.41) is 10.2. The molecule has 0 aliphatic carbocycles. The zero-order valence-electron chi connectivity index (χ0n) is 15.7. The molecule has 1 saturated heterocycles. The Hall–Kier alpha value is -2.15. The minimum Gasteiger partial charge on any atom is -0.497 e. The summed E-state index contributed by atoms with van der Waals surface area (Å²) in [6.45, 7) is 4.36. The van der Waals surface area contributed by atoms with E-state index in [1.54, 1.807) is 13.2 Å². The largest absolute Gasteiger partial charge is 0.497 e. The first-order valence-corrected chi connectivity index (χ1v) is 9.26. The quantitative estimate of drug-likeness (QED) is 0.769. The van der Waals surface area contributed by atoms with Gasteiger partial charge in [0.25, 0.3) is 0 Å². The Morgan fingerprint density at radius 3 is 2.59 bits per heavy atom. The van der Waals surface area contributed by atoms with Crippen LogP contribution in [0.5, 0.6) is 5.75 Å². The fourth-order valence-corrected chi connectivity index (χ4v) is 3.31. The molecule has 0 bridgehead atoms. The lowest BCUT2D eigenvalue weighted by Gasteiger charge is -2.36. The molecule has 6 heteroatoms. The van der Waals surface area contributed by atoms with Crippen LogP contribution in [0.1, 0.15) is 5.56 Å². The summed E-state index contributed by atoms with van der Waals surface area (Å²) in [5.74, 6) is 0.612. The van der Waals surface area contributed by atoms with E-state index in [9.17, 15) is 9.50 Å². The first-order valence-electron chi connectivity index (χ1n) is 9.26. The van der Waals surface area contributed by atoms with E-state index in [1.165, 1.54) is 6.07 Å². The summed E-state index contributed by atoms with van der Waals surface area (Å²) in [6.07, 6.45) is -0.546. The predicted octanol–water partition coefficient (Wildman–Crippen LogP) is 2.53. The van der Waals surface area contributed by atoms with Gasteiger partial charge < -0.3 is 19.5 Å². The number of nitrogens with zero attached hydrogens (tertiary/aromatic N) is 2. The van der Waals surface area contributed by atoms with Crippen LogP contribution in [0.3, 0.4) is 0 Å². The topological polar surface area (TPSA) is 45.2 Å². The Bertz CT molecular complexity index is 720. The van der Waals surface area contributed by atoms with E-state index in [0.717, 1.165) is 37.5 Å². The van der Waals surface area contributed by atoms with E-state index in [1.807, 2.05) is 36.4 Å². The number of halogens is 1. The second-order valence-electron chi connectivity index (χ2n) is 6.76. The van der Waals surface area contributed by atoms with Crippen molar-refractivity contribution in [2.24, 2.45) is 0 Å². The van der Waals surface area contributed by atoms with Crippen LogP contribution in [0.15, 0.2) is 48.5 Å². The smallest absolute Gasteiger partial charge is 0.146 e. The number of anilines is 1. The van der Waals surface area contributed by atoms with Crippen molar-refractivity contribution in [1.82, 2.24) is 4.90 Å². The number of hydrogen-bond donors (Lipinski definition) is 1. The highest BCUT2D eigenvalue weighted by Gasteiger charge is 2.21. The molecule has 27 heavy (non-hydrogen) atoms. The average Bonchev–Trinajstić information content (AvgIpc) is 2.69. The number of β-amino-alcohol motifs (C(OH)–C–C–N with tert-alkyl or cyclic N) is 1.